The fourth-order valence-electron chi connectivity index (χ4n) is 1.66. The maximum Gasteiger partial charge on any atom is 0.394 e. The van der Waals surface area contributed by atoms with Crippen molar-refractivity contribution in [2.45, 2.75) is 76.1 Å². The third-order valence-electron chi connectivity index (χ3n) is 2.60. The molecule has 0 amide bonds. The average Bonchev–Trinajstić information content (AvgIpc) is 2.25. The summed E-state index contributed by atoms with van der Waals surface area (Å²) in [6.07, 6.45) is 14.7. The van der Waals surface area contributed by atoms with Crippen molar-refractivity contribution in [1.82, 2.24) is 0 Å². The molecule has 0 fully saturated rings. The maximum absolute atomic E-state index is 8.74. The standard InChI is InChI=1S/C12H25.H2O4S.Zn/c1-3-5-7-9-11-12-10-8-6-4-2;1-5(2,3)4;/h1,3-12H2,2H3;(H2,1,2,3,4);. The summed E-state index contributed by atoms with van der Waals surface area (Å²) >= 11 is 1.50. The van der Waals surface area contributed by atoms with Crippen molar-refractivity contribution in [1.29, 1.82) is 0 Å². The first kappa shape index (κ1) is 20.8. The first-order valence-electron chi connectivity index (χ1n) is 6.91. The van der Waals surface area contributed by atoms with E-state index in [-0.39, 0.29) is 0 Å². The third-order valence-corrected chi connectivity index (χ3v) is 3.65. The molecule has 0 aliphatic carbocycles. The van der Waals surface area contributed by atoms with E-state index in [1.165, 1.54) is 87.5 Å². The zero-order valence-electron chi connectivity index (χ0n) is 11.6. The Morgan fingerprint density at radius 1 is 0.778 bits per heavy atom. The van der Waals surface area contributed by atoms with Crippen LogP contribution in [0.4, 0.5) is 0 Å². The quantitative estimate of drug-likeness (QED) is 0.357. The first-order valence-corrected chi connectivity index (χ1v) is 10.4. The Kier molecular flexibility index (Phi) is 18.0. The van der Waals surface area contributed by atoms with Crippen molar-refractivity contribution >= 4 is 10.4 Å². The second-order valence-corrected chi connectivity index (χ2v) is 6.86. The molecular formula is C12H27O4SZn. The van der Waals surface area contributed by atoms with Crippen LogP contribution in [0.3, 0.4) is 0 Å². The Labute approximate surface area is 122 Å². The van der Waals surface area contributed by atoms with Gasteiger partial charge in [0.05, 0.1) is 0 Å². The van der Waals surface area contributed by atoms with E-state index in [0.29, 0.717) is 0 Å². The molecule has 0 radical (unpaired) electrons. The van der Waals surface area contributed by atoms with Crippen molar-refractivity contribution in [3.8, 4) is 0 Å². The topological polar surface area (TPSA) is 74.6 Å². The molecule has 0 heterocycles. The fraction of sp³-hybridized carbons (Fsp3) is 1.00. The Bertz CT molecular complexity index is 224. The van der Waals surface area contributed by atoms with Crippen LogP contribution in [-0.4, -0.2) is 17.5 Å². The van der Waals surface area contributed by atoms with Crippen molar-refractivity contribution in [2.24, 2.45) is 0 Å². The van der Waals surface area contributed by atoms with E-state index in [0.717, 1.165) is 0 Å². The molecule has 0 aliphatic heterocycles. The minimum Gasteiger partial charge on any atom is -0.264 e. The molecule has 0 rings (SSSR count). The zero-order valence-corrected chi connectivity index (χ0v) is 15.4. The minimum absolute atomic E-state index is 1.38. The predicted octanol–water partition coefficient (Wildman–Crippen LogP) is 4.22. The van der Waals surface area contributed by atoms with Gasteiger partial charge in [0.1, 0.15) is 0 Å². The van der Waals surface area contributed by atoms with E-state index in [9.17, 15) is 0 Å². The first-order chi connectivity index (χ1) is 8.41. The van der Waals surface area contributed by atoms with Crippen LogP contribution in [-0.2, 0) is 28.7 Å². The van der Waals surface area contributed by atoms with Crippen LogP contribution in [0.25, 0.3) is 0 Å². The van der Waals surface area contributed by atoms with E-state index in [4.69, 9.17) is 17.5 Å². The fourth-order valence-corrected chi connectivity index (χ4v) is 2.41. The van der Waals surface area contributed by atoms with Gasteiger partial charge in [-0.25, -0.2) is 0 Å². The van der Waals surface area contributed by atoms with Crippen LogP contribution in [0.15, 0.2) is 0 Å². The molecule has 6 heteroatoms. The number of rotatable bonds is 10. The Balaban J connectivity index is 0. The molecule has 0 spiro atoms. The van der Waals surface area contributed by atoms with E-state index >= 15 is 0 Å². The molecule has 2 N–H and O–H groups in total. The summed E-state index contributed by atoms with van der Waals surface area (Å²) < 4.78 is 31.6. The SMILES string of the molecule is CCCCCCCCCCC[CH2][Zn].O=S(=O)(O)O. The molecule has 18 heavy (non-hydrogen) atoms. The van der Waals surface area contributed by atoms with Crippen LogP contribution in [0, 0.1) is 0 Å². The zero-order chi connectivity index (χ0) is 14.3. The van der Waals surface area contributed by atoms with E-state index in [1.807, 2.05) is 0 Å². The van der Waals surface area contributed by atoms with E-state index < -0.39 is 10.4 Å². The van der Waals surface area contributed by atoms with Crippen LogP contribution < -0.4 is 0 Å². The van der Waals surface area contributed by atoms with Gasteiger partial charge in [-0.05, 0) is 0 Å². The van der Waals surface area contributed by atoms with Gasteiger partial charge in [-0.1, -0.05) is 0 Å². The summed E-state index contributed by atoms with van der Waals surface area (Å²) in [5, 5.41) is 1.50. The summed E-state index contributed by atoms with van der Waals surface area (Å²) in [4.78, 5) is 0. The largest absolute Gasteiger partial charge is 0.394 e. The smallest absolute Gasteiger partial charge is 0.264 e. The molecule has 0 saturated carbocycles. The van der Waals surface area contributed by atoms with Gasteiger partial charge in [-0.15, -0.1) is 0 Å². The molecule has 0 atom stereocenters. The van der Waals surface area contributed by atoms with Crippen molar-refractivity contribution < 1.29 is 35.8 Å². The second-order valence-electron chi connectivity index (χ2n) is 4.48. The monoisotopic (exact) mass is 331 g/mol. The molecule has 0 aromatic heterocycles. The molecule has 0 aromatic carbocycles. The van der Waals surface area contributed by atoms with Gasteiger partial charge in [0, 0.05) is 0 Å². The molecule has 4 nitrogen and oxygen atoms in total. The maximum atomic E-state index is 8.74. The van der Waals surface area contributed by atoms with Crippen molar-refractivity contribution in [3.63, 3.8) is 0 Å². The van der Waals surface area contributed by atoms with Gasteiger partial charge in [-0.3, -0.25) is 9.11 Å². The van der Waals surface area contributed by atoms with Crippen LogP contribution in [0.1, 0.15) is 71.1 Å². The van der Waals surface area contributed by atoms with Crippen molar-refractivity contribution in [2.75, 3.05) is 0 Å². The third kappa shape index (κ3) is 36.0. The average molecular weight is 333 g/mol. The number of hydrogen-bond acceptors (Lipinski definition) is 2. The van der Waals surface area contributed by atoms with Crippen LogP contribution in [0.5, 0.6) is 0 Å². The molecule has 107 valence electrons. The second kappa shape index (κ2) is 15.6. The van der Waals surface area contributed by atoms with Gasteiger partial charge >= 0.3 is 105 Å². The summed E-state index contributed by atoms with van der Waals surface area (Å²) in [6, 6.07) is 0. The van der Waals surface area contributed by atoms with Gasteiger partial charge in [0.2, 0.25) is 0 Å². The van der Waals surface area contributed by atoms with E-state index in [1.54, 1.807) is 0 Å². The molecule has 0 unspecified atom stereocenters. The Morgan fingerprint density at radius 2 is 1.06 bits per heavy atom. The predicted molar refractivity (Wildman–Crippen MR) is 70.8 cm³/mol. The summed E-state index contributed by atoms with van der Waals surface area (Å²) in [5.41, 5.74) is 0. The summed E-state index contributed by atoms with van der Waals surface area (Å²) in [5.74, 6) is 0. The normalized spacial score (nSPS) is 10.9. The number of hydrogen-bond donors (Lipinski definition) is 2. The number of unbranched alkanes of at least 4 members (excludes halogenated alkanes) is 9. The Morgan fingerprint density at radius 3 is 1.33 bits per heavy atom. The molecule has 0 aromatic rings. The van der Waals surface area contributed by atoms with Crippen LogP contribution in [0.2, 0.25) is 5.02 Å². The van der Waals surface area contributed by atoms with Gasteiger partial charge < -0.3 is 0 Å². The Hall–Kier alpha value is 0.493. The van der Waals surface area contributed by atoms with Gasteiger partial charge in [-0.2, -0.15) is 8.42 Å². The molecule has 0 aliphatic rings. The molecule has 0 bridgehead atoms. The van der Waals surface area contributed by atoms with Gasteiger partial charge in [0.25, 0.3) is 0 Å². The van der Waals surface area contributed by atoms with Gasteiger partial charge in [0.15, 0.2) is 0 Å². The summed E-state index contributed by atoms with van der Waals surface area (Å²) in [7, 11) is -4.67. The molecular weight excluding hydrogens is 306 g/mol. The summed E-state index contributed by atoms with van der Waals surface area (Å²) in [6.45, 7) is 2.29. The molecule has 0 saturated heterocycles. The minimum atomic E-state index is -4.67. The van der Waals surface area contributed by atoms with Crippen molar-refractivity contribution in [3.05, 3.63) is 0 Å². The van der Waals surface area contributed by atoms with E-state index in [2.05, 4.69) is 6.92 Å². The van der Waals surface area contributed by atoms with Crippen LogP contribution >= 0.6 is 0 Å².